The molecule has 0 heterocycles. The Bertz CT molecular complexity index is 331. The van der Waals surface area contributed by atoms with Crippen molar-refractivity contribution in [1.82, 2.24) is 3.93 Å². The summed E-state index contributed by atoms with van der Waals surface area (Å²) in [5.41, 5.74) is 1.21. The van der Waals surface area contributed by atoms with E-state index in [1.54, 1.807) is 0 Å². The average molecular weight is 267 g/mol. The second kappa shape index (κ2) is 5.89. The first-order chi connectivity index (χ1) is 7.20. The van der Waals surface area contributed by atoms with Crippen molar-refractivity contribution in [2.45, 2.75) is 32.4 Å². The molecule has 15 heavy (non-hydrogen) atoms. The Kier molecular flexibility index (Phi) is 4.80. The molecule has 1 aromatic rings. The molecule has 0 aromatic heterocycles. The third-order valence-corrected chi connectivity index (χ3v) is 3.59. The van der Waals surface area contributed by atoms with E-state index in [4.69, 9.17) is 5.26 Å². The maximum absolute atomic E-state index is 8.97. The van der Waals surface area contributed by atoms with Gasteiger partial charge in [0.05, 0.1) is 6.07 Å². The van der Waals surface area contributed by atoms with Crippen molar-refractivity contribution in [2.24, 2.45) is 0 Å². The normalized spacial score (nSPS) is 14.6. The molecule has 0 N–H and O–H groups in total. The van der Waals surface area contributed by atoms with E-state index in [0.29, 0.717) is 0 Å². The van der Waals surface area contributed by atoms with Gasteiger partial charge in [-0.3, -0.25) is 0 Å². The van der Waals surface area contributed by atoms with Gasteiger partial charge in [-0.1, -0.05) is 37.3 Å². The lowest BCUT2D eigenvalue weighted by Crippen LogP contribution is -2.27. The Morgan fingerprint density at radius 2 is 2.00 bits per heavy atom. The molecule has 0 saturated heterocycles. The van der Waals surface area contributed by atoms with E-state index >= 15 is 0 Å². The highest BCUT2D eigenvalue weighted by molar-refractivity contribution is 9.07. The van der Waals surface area contributed by atoms with Crippen molar-refractivity contribution < 1.29 is 0 Å². The Morgan fingerprint density at radius 1 is 1.40 bits per heavy atom. The van der Waals surface area contributed by atoms with Crippen LogP contribution in [0.25, 0.3) is 0 Å². The number of nitrogens with zero attached hydrogens (tertiary/aromatic N) is 2. The highest BCUT2D eigenvalue weighted by atomic mass is 79.9. The summed E-state index contributed by atoms with van der Waals surface area (Å²) in [6, 6.07) is 12.6. The fourth-order valence-corrected chi connectivity index (χ4v) is 2.08. The van der Waals surface area contributed by atoms with Gasteiger partial charge in [0, 0.05) is 22.2 Å². The van der Waals surface area contributed by atoms with Crippen molar-refractivity contribution in [1.29, 1.82) is 5.26 Å². The maximum atomic E-state index is 8.97. The molecule has 80 valence electrons. The van der Waals surface area contributed by atoms with E-state index < -0.39 is 0 Å². The van der Waals surface area contributed by atoms with Crippen LogP contribution in [0.15, 0.2) is 30.3 Å². The van der Waals surface area contributed by atoms with E-state index in [-0.39, 0.29) is 12.1 Å². The molecule has 0 aliphatic carbocycles. The Labute approximate surface area is 99.9 Å². The molecule has 1 rings (SSSR count). The lowest BCUT2D eigenvalue weighted by atomic mass is 10.1. The third-order valence-electron chi connectivity index (χ3n) is 2.49. The average Bonchev–Trinajstić information content (AvgIpc) is 2.30. The predicted octanol–water partition coefficient (Wildman–Crippen LogP) is 3.66. The second-order valence-electron chi connectivity index (χ2n) is 3.48. The number of benzene rings is 1. The van der Waals surface area contributed by atoms with Gasteiger partial charge in [-0.15, -0.1) is 0 Å². The van der Waals surface area contributed by atoms with E-state index in [2.05, 4.69) is 41.3 Å². The standard InChI is InChI=1S/C12H15BrN2/c1-3-12(9-14)15(13)10(2)11-7-5-4-6-8-11/h4-8,10,12H,3H2,1-2H3. The highest BCUT2D eigenvalue weighted by Crippen LogP contribution is 2.26. The fraction of sp³-hybridized carbons (Fsp3) is 0.417. The molecule has 2 atom stereocenters. The van der Waals surface area contributed by atoms with Gasteiger partial charge in [0.15, 0.2) is 0 Å². The zero-order valence-electron chi connectivity index (χ0n) is 9.02. The SMILES string of the molecule is CCC(C#N)N(Br)C(C)c1ccccc1. The van der Waals surface area contributed by atoms with E-state index in [1.807, 2.05) is 29.0 Å². The molecule has 0 saturated carbocycles. The summed E-state index contributed by atoms with van der Waals surface area (Å²) in [7, 11) is 0. The summed E-state index contributed by atoms with van der Waals surface area (Å²) >= 11 is 3.48. The summed E-state index contributed by atoms with van der Waals surface area (Å²) in [6.07, 6.45) is 0.818. The molecule has 2 unspecified atom stereocenters. The van der Waals surface area contributed by atoms with Crippen LogP contribution < -0.4 is 0 Å². The minimum atomic E-state index is -0.0831. The monoisotopic (exact) mass is 266 g/mol. The quantitative estimate of drug-likeness (QED) is 0.778. The van der Waals surface area contributed by atoms with Gasteiger partial charge in [0.1, 0.15) is 6.04 Å². The minimum absolute atomic E-state index is 0.0831. The highest BCUT2D eigenvalue weighted by Gasteiger charge is 2.20. The molecular formula is C12H15BrN2. The summed E-state index contributed by atoms with van der Waals surface area (Å²) in [5, 5.41) is 8.97. The van der Waals surface area contributed by atoms with Crippen molar-refractivity contribution >= 4 is 16.1 Å². The van der Waals surface area contributed by atoms with Crippen LogP contribution in [0.1, 0.15) is 31.9 Å². The lowest BCUT2D eigenvalue weighted by Gasteiger charge is -2.26. The fourth-order valence-electron chi connectivity index (χ4n) is 1.46. The molecule has 0 amide bonds. The molecule has 0 fully saturated rings. The van der Waals surface area contributed by atoms with Crippen LogP contribution in [0, 0.1) is 11.3 Å². The van der Waals surface area contributed by atoms with E-state index in [1.165, 1.54) is 5.56 Å². The van der Waals surface area contributed by atoms with Gasteiger partial charge in [-0.2, -0.15) is 5.26 Å². The van der Waals surface area contributed by atoms with Crippen molar-refractivity contribution in [3.8, 4) is 6.07 Å². The van der Waals surface area contributed by atoms with Gasteiger partial charge < -0.3 is 0 Å². The molecule has 0 spiro atoms. The summed E-state index contributed by atoms with van der Waals surface area (Å²) < 4.78 is 1.93. The zero-order valence-corrected chi connectivity index (χ0v) is 10.6. The molecular weight excluding hydrogens is 252 g/mol. The Morgan fingerprint density at radius 3 is 2.47 bits per heavy atom. The minimum Gasteiger partial charge on any atom is -0.218 e. The van der Waals surface area contributed by atoms with Gasteiger partial charge >= 0.3 is 0 Å². The Balaban J connectivity index is 2.77. The molecule has 3 heteroatoms. The van der Waals surface area contributed by atoms with Crippen molar-refractivity contribution in [3.63, 3.8) is 0 Å². The van der Waals surface area contributed by atoms with Crippen LogP contribution in [0.5, 0.6) is 0 Å². The summed E-state index contributed by atoms with van der Waals surface area (Å²) in [4.78, 5) is 0. The number of rotatable bonds is 4. The Hall–Kier alpha value is -0.850. The van der Waals surface area contributed by atoms with Gasteiger partial charge in [0.25, 0.3) is 0 Å². The maximum Gasteiger partial charge on any atom is 0.108 e. The van der Waals surface area contributed by atoms with Crippen LogP contribution in [-0.4, -0.2) is 9.97 Å². The number of hydrogen-bond donors (Lipinski definition) is 0. The smallest absolute Gasteiger partial charge is 0.108 e. The van der Waals surface area contributed by atoms with Gasteiger partial charge in [-0.25, -0.2) is 3.93 Å². The molecule has 0 radical (unpaired) electrons. The van der Waals surface area contributed by atoms with Crippen LogP contribution in [0.3, 0.4) is 0 Å². The third kappa shape index (κ3) is 3.05. The van der Waals surface area contributed by atoms with Crippen LogP contribution in [-0.2, 0) is 0 Å². The van der Waals surface area contributed by atoms with Crippen molar-refractivity contribution in [3.05, 3.63) is 35.9 Å². The summed E-state index contributed by atoms with van der Waals surface area (Å²) in [6.45, 7) is 4.10. The molecule has 0 bridgehead atoms. The first kappa shape index (κ1) is 12.2. The molecule has 0 aliphatic heterocycles. The first-order valence-electron chi connectivity index (χ1n) is 5.09. The van der Waals surface area contributed by atoms with Crippen LogP contribution in [0.2, 0.25) is 0 Å². The molecule has 1 aromatic carbocycles. The first-order valence-corrected chi connectivity index (χ1v) is 5.80. The molecule has 0 aliphatic rings. The summed E-state index contributed by atoms with van der Waals surface area (Å²) in [5.74, 6) is 0. The van der Waals surface area contributed by atoms with Gasteiger partial charge in [-0.05, 0) is 18.9 Å². The van der Waals surface area contributed by atoms with Crippen LogP contribution in [0.4, 0.5) is 0 Å². The van der Waals surface area contributed by atoms with Gasteiger partial charge in [0.2, 0.25) is 0 Å². The van der Waals surface area contributed by atoms with Crippen LogP contribution >= 0.6 is 16.1 Å². The predicted molar refractivity (Wildman–Crippen MR) is 65.3 cm³/mol. The number of hydrogen-bond acceptors (Lipinski definition) is 2. The number of halogens is 1. The van der Waals surface area contributed by atoms with E-state index in [0.717, 1.165) is 6.42 Å². The number of nitriles is 1. The van der Waals surface area contributed by atoms with E-state index in [9.17, 15) is 0 Å². The largest absolute Gasteiger partial charge is 0.218 e. The van der Waals surface area contributed by atoms with Crippen molar-refractivity contribution in [2.75, 3.05) is 0 Å². The molecule has 2 nitrogen and oxygen atoms in total. The second-order valence-corrected chi connectivity index (χ2v) is 4.30. The topological polar surface area (TPSA) is 27.0 Å². The zero-order chi connectivity index (χ0) is 11.3. The lowest BCUT2D eigenvalue weighted by molar-refractivity contribution is 0.343.